The van der Waals surface area contributed by atoms with Crippen molar-refractivity contribution in [3.63, 3.8) is 0 Å². The molecule has 2 heterocycles. The normalized spacial score (nSPS) is 35.7. The van der Waals surface area contributed by atoms with Crippen LogP contribution in [0.25, 0.3) is 0 Å². The Labute approximate surface area is 156 Å². The van der Waals surface area contributed by atoms with Gasteiger partial charge in [0.05, 0.1) is 11.4 Å². The van der Waals surface area contributed by atoms with E-state index in [9.17, 15) is 4.39 Å². The van der Waals surface area contributed by atoms with Crippen molar-refractivity contribution in [1.82, 2.24) is 4.90 Å². The van der Waals surface area contributed by atoms with Gasteiger partial charge in [0, 0.05) is 25.2 Å². The van der Waals surface area contributed by atoms with Gasteiger partial charge in [-0.15, -0.1) is 0 Å². The number of nitrogens with one attached hydrogen (secondary N) is 1. The summed E-state index contributed by atoms with van der Waals surface area (Å²) >= 11 is 0. The van der Waals surface area contributed by atoms with Crippen LogP contribution < -0.4 is 10.2 Å². The van der Waals surface area contributed by atoms with Gasteiger partial charge in [0.1, 0.15) is 12.8 Å². The quantitative estimate of drug-likeness (QED) is 0.820. The number of anilines is 2. The molecule has 26 heavy (non-hydrogen) atoms. The van der Waals surface area contributed by atoms with Crippen LogP contribution in [0.15, 0.2) is 24.3 Å². The number of halogens is 1. The van der Waals surface area contributed by atoms with Crippen molar-refractivity contribution in [3.05, 3.63) is 30.9 Å². The summed E-state index contributed by atoms with van der Waals surface area (Å²) in [6.07, 6.45) is 8.70. The van der Waals surface area contributed by atoms with Gasteiger partial charge in [0.25, 0.3) is 0 Å². The number of fused-ring (bicyclic) bond motifs is 2. The summed E-state index contributed by atoms with van der Waals surface area (Å²) in [6.45, 7) is 4.49. The third-order valence-corrected chi connectivity index (χ3v) is 7.47. The second-order valence-corrected chi connectivity index (χ2v) is 8.74. The van der Waals surface area contributed by atoms with E-state index in [4.69, 9.17) is 0 Å². The van der Waals surface area contributed by atoms with Crippen molar-refractivity contribution in [2.75, 3.05) is 23.3 Å². The minimum atomic E-state index is -0.532. The molecule has 0 bridgehead atoms. The Morgan fingerprint density at radius 3 is 2.54 bits per heavy atom. The fourth-order valence-electron chi connectivity index (χ4n) is 6.17. The van der Waals surface area contributed by atoms with E-state index in [0.29, 0.717) is 23.9 Å². The maximum absolute atomic E-state index is 14.4. The minimum absolute atomic E-state index is 0.350. The monoisotopic (exact) mass is 356 g/mol. The summed E-state index contributed by atoms with van der Waals surface area (Å²) in [7, 11) is 0. The minimum Gasteiger partial charge on any atom is -0.360 e. The first-order valence-corrected chi connectivity index (χ1v) is 10.7. The van der Waals surface area contributed by atoms with Gasteiger partial charge in [-0.25, -0.2) is 4.39 Å². The van der Waals surface area contributed by atoms with Gasteiger partial charge < -0.3 is 10.2 Å². The molecule has 4 unspecified atom stereocenters. The zero-order chi connectivity index (χ0) is 17.5. The van der Waals surface area contributed by atoms with Gasteiger partial charge >= 0.3 is 0 Å². The Hall–Kier alpha value is -1.29. The second-order valence-electron chi connectivity index (χ2n) is 8.74. The first kappa shape index (κ1) is 16.9. The average Bonchev–Trinajstić information content (AvgIpc) is 3.12. The molecule has 3 nitrogen and oxygen atoms in total. The smallest absolute Gasteiger partial charge is 0.139 e. The molecular weight excluding hydrogens is 325 g/mol. The summed E-state index contributed by atoms with van der Waals surface area (Å²) in [4.78, 5) is 5.16. The van der Waals surface area contributed by atoms with Crippen molar-refractivity contribution in [1.29, 1.82) is 0 Å². The highest BCUT2D eigenvalue weighted by atomic mass is 19.1. The summed E-state index contributed by atoms with van der Waals surface area (Å²) in [6, 6.07) is 9.81. The SMILES string of the molecule is FC1CCCC2C1CCCC2N1CCC(N2[CH]Nc3ccccc32)CC1. The van der Waals surface area contributed by atoms with E-state index in [2.05, 4.69) is 46.1 Å². The third-order valence-electron chi connectivity index (χ3n) is 7.47. The number of nitrogens with zero attached hydrogens (tertiary/aromatic N) is 2. The first-order valence-electron chi connectivity index (χ1n) is 10.7. The van der Waals surface area contributed by atoms with E-state index in [1.165, 1.54) is 56.6 Å². The lowest BCUT2D eigenvalue weighted by atomic mass is 9.67. The molecular formula is C22H31FN3. The second kappa shape index (κ2) is 7.03. The predicted molar refractivity (Wildman–Crippen MR) is 105 cm³/mol. The molecule has 3 fully saturated rings. The fraction of sp³-hybridized carbons (Fsp3) is 0.682. The van der Waals surface area contributed by atoms with Crippen LogP contribution in [0, 0.1) is 18.5 Å². The van der Waals surface area contributed by atoms with E-state index in [-0.39, 0.29) is 0 Å². The van der Waals surface area contributed by atoms with E-state index < -0.39 is 6.17 Å². The number of rotatable bonds is 2. The van der Waals surface area contributed by atoms with Crippen molar-refractivity contribution < 1.29 is 4.39 Å². The molecule has 1 saturated heterocycles. The van der Waals surface area contributed by atoms with Crippen molar-refractivity contribution in [2.45, 2.75) is 69.6 Å². The highest BCUT2D eigenvalue weighted by molar-refractivity contribution is 5.77. The van der Waals surface area contributed by atoms with Gasteiger partial charge in [0.15, 0.2) is 0 Å². The molecule has 141 valence electrons. The van der Waals surface area contributed by atoms with Crippen molar-refractivity contribution in [3.8, 4) is 0 Å². The summed E-state index contributed by atoms with van der Waals surface area (Å²) < 4.78 is 14.4. The molecule has 2 aliphatic heterocycles. The number of piperidine rings is 1. The van der Waals surface area contributed by atoms with Crippen LogP contribution in [0.1, 0.15) is 51.4 Å². The van der Waals surface area contributed by atoms with E-state index in [0.717, 1.165) is 19.3 Å². The molecule has 4 heteroatoms. The zero-order valence-corrected chi connectivity index (χ0v) is 15.6. The van der Waals surface area contributed by atoms with Crippen LogP contribution in [0.3, 0.4) is 0 Å². The number of para-hydroxylation sites is 2. The van der Waals surface area contributed by atoms with Crippen LogP contribution in [-0.2, 0) is 0 Å². The van der Waals surface area contributed by atoms with Crippen molar-refractivity contribution >= 4 is 11.4 Å². The molecule has 0 spiro atoms. The predicted octanol–water partition coefficient (Wildman–Crippen LogP) is 4.81. The van der Waals surface area contributed by atoms with Gasteiger partial charge in [0.2, 0.25) is 0 Å². The Morgan fingerprint density at radius 1 is 0.885 bits per heavy atom. The van der Waals surface area contributed by atoms with Crippen LogP contribution >= 0.6 is 0 Å². The Bertz CT molecular complexity index is 628. The number of benzene rings is 1. The first-order chi connectivity index (χ1) is 12.8. The molecule has 4 aliphatic rings. The summed E-state index contributed by atoms with van der Waals surface area (Å²) in [5.74, 6) is 0.966. The molecule has 1 N–H and O–H groups in total. The Morgan fingerprint density at radius 2 is 1.65 bits per heavy atom. The largest absolute Gasteiger partial charge is 0.360 e. The molecule has 0 aromatic heterocycles. The summed E-state index contributed by atoms with van der Waals surface area (Å²) in [5, 5.41) is 3.41. The number of alkyl halides is 1. The van der Waals surface area contributed by atoms with Gasteiger partial charge in [-0.2, -0.15) is 0 Å². The molecule has 5 rings (SSSR count). The molecule has 0 amide bonds. The molecule has 1 aromatic carbocycles. The lowest BCUT2D eigenvalue weighted by Crippen LogP contribution is -2.53. The van der Waals surface area contributed by atoms with Gasteiger partial charge in [-0.1, -0.05) is 25.0 Å². The Kier molecular flexibility index (Phi) is 4.56. The highest BCUT2D eigenvalue weighted by Crippen LogP contribution is 2.45. The van der Waals surface area contributed by atoms with E-state index in [1.807, 2.05) is 0 Å². The van der Waals surface area contributed by atoms with Crippen LogP contribution in [0.2, 0.25) is 0 Å². The van der Waals surface area contributed by atoms with Crippen LogP contribution in [0.5, 0.6) is 0 Å². The standard InChI is InChI=1S/C22H31FN3/c23-19-7-3-6-18-17(19)5-4-10-21(18)25-13-11-16(12-14-25)26-15-24-20-8-1-2-9-22(20)26/h1-2,8-9,15-19,21,24H,3-7,10-14H2. The average molecular weight is 357 g/mol. The highest BCUT2D eigenvalue weighted by Gasteiger charge is 2.43. The maximum atomic E-state index is 14.4. The van der Waals surface area contributed by atoms with Crippen LogP contribution in [-0.4, -0.2) is 36.2 Å². The van der Waals surface area contributed by atoms with Gasteiger partial charge in [-0.3, -0.25) is 4.90 Å². The third kappa shape index (κ3) is 2.90. The van der Waals surface area contributed by atoms with Gasteiger partial charge in [-0.05, 0) is 62.5 Å². The number of hydrogen-bond donors (Lipinski definition) is 1. The van der Waals surface area contributed by atoms with E-state index in [1.54, 1.807) is 0 Å². The van der Waals surface area contributed by atoms with E-state index >= 15 is 0 Å². The topological polar surface area (TPSA) is 18.5 Å². The lowest BCUT2D eigenvalue weighted by molar-refractivity contribution is -0.00885. The zero-order valence-electron chi connectivity index (χ0n) is 15.6. The lowest BCUT2D eigenvalue weighted by Gasteiger charge is -2.49. The molecule has 1 radical (unpaired) electrons. The number of likely N-dealkylation sites (tertiary alicyclic amines) is 1. The summed E-state index contributed by atoms with van der Waals surface area (Å²) in [5.41, 5.74) is 2.54. The maximum Gasteiger partial charge on any atom is 0.139 e. The molecule has 2 aliphatic carbocycles. The molecule has 4 atom stereocenters. The fourth-order valence-corrected chi connectivity index (χ4v) is 6.17. The number of hydrogen-bond acceptors (Lipinski definition) is 3. The molecule has 2 saturated carbocycles. The van der Waals surface area contributed by atoms with Crippen molar-refractivity contribution in [2.24, 2.45) is 11.8 Å². The Balaban J connectivity index is 1.23. The van der Waals surface area contributed by atoms with Crippen LogP contribution in [0.4, 0.5) is 15.8 Å². The molecule has 1 aromatic rings.